The van der Waals surface area contributed by atoms with E-state index < -0.39 is 42.2 Å². The molecule has 39 heavy (non-hydrogen) atoms. The molecular formula is C24H34ClN4O8PS. The predicted octanol–water partition coefficient (Wildman–Crippen LogP) is 2.29. The van der Waals surface area contributed by atoms with Crippen LogP contribution in [-0.4, -0.2) is 67.5 Å². The highest BCUT2D eigenvalue weighted by Gasteiger charge is 2.54. The van der Waals surface area contributed by atoms with Crippen LogP contribution in [0.2, 0.25) is 0 Å². The maximum absolute atomic E-state index is 13.6. The summed E-state index contributed by atoms with van der Waals surface area (Å²) in [6, 6.07) is 10.6. The number of carbonyl (C=O) groups is 1. The number of benzene rings is 1. The fourth-order valence-electron chi connectivity index (χ4n) is 3.59. The summed E-state index contributed by atoms with van der Waals surface area (Å²) in [5, 5.41) is 22.8. The first-order valence-electron chi connectivity index (χ1n) is 12.1. The Labute approximate surface area is 235 Å². The second kappa shape index (κ2) is 13.2. The number of carbonyl (C=O) groups excluding carboxylic acids is 1. The van der Waals surface area contributed by atoms with Gasteiger partial charge in [-0.1, -0.05) is 42.1 Å². The van der Waals surface area contributed by atoms with Gasteiger partial charge in [0.15, 0.2) is 11.3 Å². The smallest absolute Gasteiger partial charge is 0.395 e. The zero-order chi connectivity index (χ0) is 28.8. The van der Waals surface area contributed by atoms with Crippen LogP contribution >= 0.6 is 31.1 Å². The van der Waals surface area contributed by atoms with Crippen LogP contribution < -0.4 is 16.5 Å². The maximum Gasteiger partial charge on any atom is 0.405 e. The number of nitrogens with two attached hydrogens (primary N) is 1. The first kappa shape index (κ1) is 31.7. The molecule has 2 aromatic rings. The van der Waals surface area contributed by atoms with Crippen molar-refractivity contribution in [3.8, 4) is 0 Å². The number of hydrogen-bond donors (Lipinski definition) is 4. The van der Waals surface area contributed by atoms with Crippen LogP contribution in [0.5, 0.6) is 0 Å². The third-order valence-electron chi connectivity index (χ3n) is 6.08. The highest BCUT2D eigenvalue weighted by atomic mass is 35.5. The Kier molecular flexibility index (Phi) is 10.8. The van der Waals surface area contributed by atoms with Gasteiger partial charge in [0, 0.05) is 18.5 Å². The number of halogens is 1. The van der Waals surface area contributed by atoms with Crippen LogP contribution in [0.15, 0.2) is 47.4 Å². The molecule has 0 aliphatic carbocycles. The third kappa shape index (κ3) is 8.12. The van der Waals surface area contributed by atoms with Gasteiger partial charge < -0.3 is 20.7 Å². The molecular weight excluding hydrogens is 571 g/mol. The maximum atomic E-state index is 13.6. The van der Waals surface area contributed by atoms with Crippen LogP contribution in [0.1, 0.15) is 32.6 Å². The molecule has 1 aromatic heterocycles. The van der Waals surface area contributed by atoms with E-state index in [1.54, 1.807) is 13.8 Å². The Balaban J connectivity index is 1.68. The first-order valence-corrected chi connectivity index (χ1v) is 15.0. The highest BCUT2D eigenvalue weighted by Crippen LogP contribution is 2.47. The lowest BCUT2D eigenvalue weighted by atomic mass is 9.97. The summed E-state index contributed by atoms with van der Waals surface area (Å²) in [6.07, 6.45) is -2.14. The monoisotopic (exact) mass is 604 g/mol. The summed E-state index contributed by atoms with van der Waals surface area (Å²) in [4.78, 5) is 26.8. The van der Waals surface area contributed by atoms with E-state index in [1.165, 1.54) is 19.2 Å². The van der Waals surface area contributed by atoms with E-state index in [2.05, 4.69) is 10.1 Å². The molecule has 0 bridgehead atoms. The number of nitrogens with one attached hydrogen (secondary N) is 1. The SMILES string of the molecule is CC(C)(CO)C(=O)SCCO[P@](=O)(NCc1ccccc1)OC[C@H]1O[C@@H](n2ccc(N)nc2=O)[C@](C)(Cl)[C@@H]1O. The molecule has 1 aromatic carbocycles. The molecule has 5 N–H and O–H groups in total. The third-order valence-corrected chi connectivity index (χ3v) is 9.23. The minimum Gasteiger partial charge on any atom is -0.395 e. The van der Waals surface area contributed by atoms with E-state index in [1.807, 2.05) is 30.3 Å². The molecule has 1 aliphatic heterocycles. The molecule has 0 saturated carbocycles. The van der Waals surface area contributed by atoms with Crippen molar-refractivity contribution in [2.45, 2.75) is 50.6 Å². The van der Waals surface area contributed by atoms with Crippen molar-refractivity contribution < 1.29 is 33.4 Å². The van der Waals surface area contributed by atoms with Gasteiger partial charge in [-0.15, -0.1) is 11.6 Å². The zero-order valence-electron chi connectivity index (χ0n) is 21.9. The predicted molar refractivity (Wildman–Crippen MR) is 148 cm³/mol. The number of ether oxygens (including phenoxy) is 1. The summed E-state index contributed by atoms with van der Waals surface area (Å²) in [5.41, 5.74) is 4.75. The molecule has 3 rings (SSSR count). The second-order valence-corrected chi connectivity index (χ2v) is 13.5. The lowest BCUT2D eigenvalue weighted by Crippen LogP contribution is -2.42. The first-order chi connectivity index (χ1) is 18.3. The Morgan fingerprint density at radius 2 is 2.03 bits per heavy atom. The number of hydrogen-bond acceptors (Lipinski definition) is 11. The van der Waals surface area contributed by atoms with Crippen LogP contribution in [0.3, 0.4) is 0 Å². The number of nitrogens with zero attached hydrogens (tertiary/aromatic N) is 2. The Hall–Kier alpha value is -1.80. The topological polar surface area (TPSA) is 175 Å². The molecule has 0 spiro atoms. The second-order valence-electron chi connectivity index (χ2n) is 9.79. The van der Waals surface area contributed by atoms with E-state index in [0.29, 0.717) is 0 Å². The van der Waals surface area contributed by atoms with Gasteiger partial charge in [0.05, 0.1) is 25.2 Å². The minimum atomic E-state index is -3.98. The van der Waals surface area contributed by atoms with Gasteiger partial charge in [-0.05, 0) is 32.4 Å². The number of thioether (sulfide) groups is 1. The van der Waals surface area contributed by atoms with Crippen molar-refractivity contribution in [3.05, 3.63) is 58.6 Å². The van der Waals surface area contributed by atoms with Crippen LogP contribution in [0, 0.1) is 5.41 Å². The molecule has 216 valence electrons. The molecule has 5 atom stereocenters. The van der Waals surface area contributed by atoms with E-state index in [9.17, 15) is 24.4 Å². The number of aliphatic hydroxyl groups is 2. The van der Waals surface area contributed by atoms with E-state index in [4.69, 9.17) is 31.1 Å². The van der Waals surface area contributed by atoms with Crippen LogP contribution in [0.4, 0.5) is 5.82 Å². The lowest BCUT2D eigenvalue weighted by molar-refractivity contribution is -0.119. The number of aromatic nitrogens is 2. The molecule has 0 unspecified atom stereocenters. The number of aliphatic hydroxyl groups excluding tert-OH is 2. The zero-order valence-corrected chi connectivity index (χ0v) is 24.3. The minimum absolute atomic E-state index is 0.0216. The van der Waals surface area contributed by atoms with E-state index in [-0.39, 0.29) is 43.1 Å². The summed E-state index contributed by atoms with van der Waals surface area (Å²) in [6.45, 7) is 4.10. The standard InChI is InChI=1S/C24H34ClN4O8PS/c1-23(2,15-30)21(32)39-12-11-35-38(34,27-13-16-7-5-4-6-8-16)36-14-17-19(31)24(3,25)20(37-17)29-10-9-18(26)28-22(29)33/h4-10,17,19-20,30-31H,11-15H2,1-3H3,(H,27,34)(H2,26,28,33)/t17-,19-,20-,24-,38-/m1/s1. The van der Waals surface area contributed by atoms with Crippen LogP contribution in [-0.2, 0) is 29.7 Å². The average molecular weight is 605 g/mol. The van der Waals surface area contributed by atoms with Crippen molar-refractivity contribution >= 4 is 42.0 Å². The quantitative estimate of drug-likeness (QED) is 0.149. The van der Waals surface area contributed by atoms with Crippen molar-refractivity contribution in [3.63, 3.8) is 0 Å². The van der Waals surface area contributed by atoms with Crippen molar-refractivity contribution in [2.24, 2.45) is 5.41 Å². The number of alkyl halides is 1. The highest BCUT2D eigenvalue weighted by molar-refractivity contribution is 8.13. The number of nitrogen functional groups attached to an aromatic ring is 1. The molecule has 12 nitrogen and oxygen atoms in total. The van der Waals surface area contributed by atoms with E-state index >= 15 is 0 Å². The fraction of sp³-hybridized carbons (Fsp3) is 0.542. The van der Waals surface area contributed by atoms with Gasteiger partial charge in [0.2, 0.25) is 0 Å². The van der Waals surface area contributed by atoms with Gasteiger partial charge >= 0.3 is 13.4 Å². The van der Waals surface area contributed by atoms with Gasteiger partial charge in [-0.25, -0.2) is 14.4 Å². The molecule has 1 saturated heterocycles. The van der Waals surface area contributed by atoms with Crippen LogP contribution in [0.25, 0.3) is 0 Å². The van der Waals surface area contributed by atoms with E-state index in [0.717, 1.165) is 21.9 Å². The van der Waals surface area contributed by atoms with Gasteiger partial charge in [0.25, 0.3) is 0 Å². The van der Waals surface area contributed by atoms with Gasteiger partial charge in [-0.2, -0.15) is 4.98 Å². The summed E-state index contributed by atoms with van der Waals surface area (Å²) < 4.78 is 31.8. The largest absolute Gasteiger partial charge is 0.405 e. The number of rotatable bonds is 13. The fourth-order valence-corrected chi connectivity index (χ4v) is 6.13. The molecule has 2 heterocycles. The molecule has 15 heteroatoms. The molecule has 0 radical (unpaired) electrons. The van der Waals surface area contributed by atoms with Gasteiger partial charge in [-0.3, -0.25) is 18.4 Å². The molecule has 1 aliphatic rings. The average Bonchev–Trinajstić information content (AvgIpc) is 3.13. The molecule has 1 fully saturated rings. The summed E-state index contributed by atoms with van der Waals surface area (Å²) >= 11 is 7.53. The Morgan fingerprint density at radius 3 is 2.67 bits per heavy atom. The number of anilines is 1. The van der Waals surface area contributed by atoms with Crippen molar-refractivity contribution in [2.75, 3.05) is 31.3 Å². The Bertz CT molecular complexity index is 1230. The normalized spacial score (nSPS) is 24.9. The van der Waals surface area contributed by atoms with Crippen molar-refractivity contribution in [1.82, 2.24) is 14.6 Å². The summed E-state index contributed by atoms with van der Waals surface area (Å²) in [7, 11) is -3.98. The summed E-state index contributed by atoms with van der Waals surface area (Å²) in [5.74, 6) is 0.188. The van der Waals surface area contributed by atoms with Crippen molar-refractivity contribution in [1.29, 1.82) is 0 Å². The van der Waals surface area contributed by atoms with Gasteiger partial charge in [0.1, 0.15) is 22.9 Å². The Morgan fingerprint density at radius 1 is 1.33 bits per heavy atom. The lowest BCUT2D eigenvalue weighted by Gasteiger charge is -2.26. The molecule has 0 amide bonds.